The Labute approximate surface area is 157 Å². The van der Waals surface area contributed by atoms with Gasteiger partial charge in [-0.1, -0.05) is 12.1 Å². The van der Waals surface area contributed by atoms with Crippen molar-refractivity contribution in [3.63, 3.8) is 0 Å². The highest BCUT2D eigenvalue weighted by atomic mass is 16.7. The minimum atomic E-state index is -0.262. The number of likely N-dealkylation sites (N-methyl/N-ethyl adjacent to an activating group) is 1. The van der Waals surface area contributed by atoms with Crippen molar-refractivity contribution in [1.82, 2.24) is 4.90 Å². The molecule has 0 fully saturated rings. The summed E-state index contributed by atoms with van der Waals surface area (Å²) in [7, 11) is 3.18. The zero-order valence-corrected chi connectivity index (χ0v) is 15.4. The van der Waals surface area contributed by atoms with Gasteiger partial charge in [0.1, 0.15) is 5.75 Å². The van der Waals surface area contributed by atoms with Crippen LogP contribution in [0.1, 0.15) is 12.0 Å². The van der Waals surface area contributed by atoms with E-state index in [2.05, 4.69) is 5.32 Å². The maximum atomic E-state index is 12.3. The number of carbonyl (C=O) groups excluding carboxylic acids is 2. The summed E-state index contributed by atoms with van der Waals surface area (Å²) in [6.45, 7) is 0.208. The van der Waals surface area contributed by atoms with E-state index < -0.39 is 0 Å². The number of aryl methyl sites for hydroxylation is 1. The molecule has 2 aromatic carbocycles. The van der Waals surface area contributed by atoms with Crippen molar-refractivity contribution >= 4 is 17.5 Å². The number of nitrogens with one attached hydrogen (secondary N) is 1. The molecular weight excluding hydrogens is 348 g/mol. The second-order valence-corrected chi connectivity index (χ2v) is 6.22. The summed E-state index contributed by atoms with van der Waals surface area (Å²) in [5.74, 6) is 1.71. The van der Waals surface area contributed by atoms with Crippen molar-refractivity contribution in [2.24, 2.45) is 0 Å². The normalized spacial score (nSPS) is 11.8. The first-order valence-electron chi connectivity index (χ1n) is 8.61. The van der Waals surface area contributed by atoms with Crippen LogP contribution < -0.4 is 19.5 Å². The van der Waals surface area contributed by atoms with E-state index in [1.54, 1.807) is 38.4 Å². The molecule has 0 saturated heterocycles. The number of hydrogen-bond acceptors (Lipinski definition) is 5. The van der Waals surface area contributed by atoms with Crippen LogP contribution in [0.25, 0.3) is 0 Å². The number of amides is 2. The average Bonchev–Trinajstić information content (AvgIpc) is 3.13. The lowest BCUT2D eigenvalue weighted by Gasteiger charge is -2.17. The van der Waals surface area contributed by atoms with E-state index in [0.29, 0.717) is 30.0 Å². The van der Waals surface area contributed by atoms with Gasteiger partial charge in [0.15, 0.2) is 11.5 Å². The van der Waals surface area contributed by atoms with Crippen LogP contribution in [0.5, 0.6) is 17.2 Å². The Morgan fingerprint density at radius 2 is 1.96 bits per heavy atom. The van der Waals surface area contributed by atoms with Crippen molar-refractivity contribution in [2.75, 3.05) is 32.8 Å². The summed E-state index contributed by atoms with van der Waals surface area (Å²) < 4.78 is 15.7. The van der Waals surface area contributed by atoms with Gasteiger partial charge in [-0.25, -0.2) is 0 Å². The fraction of sp³-hybridized carbons (Fsp3) is 0.300. The molecule has 1 N–H and O–H groups in total. The quantitative estimate of drug-likeness (QED) is 0.810. The molecular formula is C20H22N2O5. The molecule has 7 heteroatoms. The highest BCUT2D eigenvalue weighted by molar-refractivity contribution is 5.94. The number of methoxy groups -OCH3 is 1. The molecule has 7 nitrogen and oxygen atoms in total. The SMILES string of the molecule is COc1cccc(NC(=O)CN(C)C(=O)CCc2ccc3c(c2)OCO3)c1. The second-order valence-electron chi connectivity index (χ2n) is 6.22. The molecule has 0 saturated carbocycles. The Morgan fingerprint density at radius 3 is 2.78 bits per heavy atom. The van der Waals surface area contributed by atoms with Gasteiger partial charge in [0.05, 0.1) is 13.7 Å². The number of rotatable bonds is 7. The molecule has 27 heavy (non-hydrogen) atoms. The van der Waals surface area contributed by atoms with Crippen LogP contribution in [0.3, 0.4) is 0 Å². The van der Waals surface area contributed by atoms with Gasteiger partial charge < -0.3 is 24.4 Å². The number of ether oxygens (including phenoxy) is 3. The van der Waals surface area contributed by atoms with Crippen molar-refractivity contribution in [2.45, 2.75) is 12.8 Å². The fourth-order valence-electron chi connectivity index (χ4n) is 2.74. The third kappa shape index (κ3) is 4.91. The van der Waals surface area contributed by atoms with Gasteiger partial charge >= 0.3 is 0 Å². The third-order valence-electron chi connectivity index (χ3n) is 4.22. The van der Waals surface area contributed by atoms with E-state index in [4.69, 9.17) is 14.2 Å². The number of hydrogen-bond donors (Lipinski definition) is 1. The predicted octanol–water partition coefficient (Wildman–Crippen LogP) is 2.45. The minimum absolute atomic E-state index is 0.0167. The first kappa shape index (κ1) is 18.6. The molecule has 2 amide bonds. The van der Waals surface area contributed by atoms with Crippen molar-refractivity contribution in [3.8, 4) is 17.2 Å². The fourth-order valence-corrected chi connectivity index (χ4v) is 2.74. The van der Waals surface area contributed by atoms with E-state index in [-0.39, 0.29) is 25.2 Å². The van der Waals surface area contributed by atoms with Gasteiger partial charge in [0.25, 0.3) is 0 Å². The highest BCUT2D eigenvalue weighted by Crippen LogP contribution is 2.32. The van der Waals surface area contributed by atoms with Crippen LogP contribution in [-0.4, -0.2) is 44.2 Å². The number of carbonyl (C=O) groups is 2. The Hall–Kier alpha value is -3.22. The smallest absolute Gasteiger partial charge is 0.243 e. The predicted molar refractivity (Wildman–Crippen MR) is 100 cm³/mol. The van der Waals surface area contributed by atoms with Crippen molar-refractivity contribution < 1.29 is 23.8 Å². The zero-order valence-electron chi connectivity index (χ0n) is 15.4. The second kappa shape index (κ2) is 8.44. The molecule has 142 valence electrons. The van der Waals surface area contributed by atoms with Crippen molar-refractivity contribution in [3.05, 3.63) is 48.0 Å². The van der Waals surface area contributed by atoms with E-state index in [9.17, 15) is 9.59 Å². The van der Waals surface area contributed by atoms with Crippen LogP contribution in [0.15, 0.2) is 42.5 Å². The summed E-state index contributed by atoms with van der Waals surface area (Å²) in [5.41, 5.74) is 1.61. The Kier molecular flexibility index (Phi) is 5.80. The van der Waals surface area contributed by atoms with Crippen LogP contribution in [0, 0.1) is 0 Å². The summed E-state index contributed by atoms with van der Waals surface area (Å²) in [4.78, 5) is 25.9. The number of benzene rings is 2. The summed E-state index contributed by atoms with van der Waals surface area (Å²) in [6.07, 6.45) is 0.875. The lowest BCUT2D eigenvalue weighted by Crippen LogP contribution is -2.35. The maximum Gasteiger partial charge on any atom is 0.243 e. The van der Waals surface area contributed by atoms with Crippen LogP contribution >= 0.6 is 0 Å². The Morgan fingerprint density at radius 1 is 1.15 bits per heavy atom. The molecule has 0 atom stereocenters. The average molecular weight is 370 g/mol. The molecule has 0 radical (unpaired) electrons. The van der Waals surface area contributed by atoms with Crippen LogP contribution in [0.2, 0.25) is 0 Å². The molecule has 2 aromatic rings. The molecule has 1 aliphatic heterocycles. The zero-order chi connectivity index (χ0) is 19.2. The maximum absolute atomic E-state index is 12.3. The standard InChI is InChI=1S/C20H22N2O5/c1-22(12-19(23)21-15-4-3-5-16(11-15)25-2)20(24)9-7-14-6-8-17-18(10-14)27-13-26-17/h3-6,8,10-11H,7,9,12-13H2,1-2H3,(H,21,23). The number of fused-ring (bicyclic) bond motifs is 1. The molecule has 1 heterocycles. The summed E-state index contributed by atoms with van der Waals surface area (Å²) in [5, 5.41) is 2.76. The first-order chi connectivity index (χ1) is 13.0. The third-order valence-corrected chi connectivity index (χ3v) is 4.22. The lowest BCUT2D eigenvalue weighted by molar-refractivity contribution is -0.133. The minimum Gasteiger partial charge on any atom is -0.497 e. The first-order valence-corrected chi connectivity index (χ1v) is 8.61. The van der Waals surface area contributed by atoms with Gasteiger partial charge in [-0.15, -0.1) is 0 Å². The highest BCUT2D eigenvalue weighted by Gasteiger charge is 2.16. The van der Waals surface area contributed by atoms with Gasteiger partial charge in [-0.3, -0.25) is 9.59 Å². The molecule has 0 aromatic heterocycles. The van der Waals surface area contributed by atoms with E-state index in [1.807, 2.05) is 18.2 Å². The lowest BCUT2D eigenvalue weighted by atomic mass is 10.1. The van der Waals surface area contributed by atoms with Gasteiger partial charge in [0.2, 0.25) is 18.6 Å². The Balaban J connectivity index is 1.47. The monoisotopic (exact) mass is 370 g/mol. The molecule has 0 unspecified atom stereocenters. The summed E-state index contributed by atoms with van der Waals surface area (Å²) in [6, 6.07) is 12.7. The largest absolute Gasteiger partial charge is 0.497 e. The van der Waals surface area contributed by atoms with Gasteiger partial charge in [-0.2, -0.15) is 0 Å². The van der Waals surface area contributed by atoms with Gasteiger partial charge in [0, 0.05) is 25.2 Å². The molecule has 0 spiro atoms. The Bertz CT molecular complexity index is 837. The molecule has 1 aliphatic rings. The number of anilines is 1. The molecule has 0 bridgehead atoms. The topological polar surface area (TPSA) is 77.1 Å². The van der Waals surface area contributed by atoms with E-state index in [1.165, 1.54) is 4.90 Å². The van der Waals surface area contributed by atoms with Crippen LogP contribution in [-0.2, 0) is 16.0 Å². The van der Waals surface area contributed by atoms with Gasteiger partial charge in [-0.05, 0) is 36.2 Å². The molecule has 0 aliphatic carbocycles. The number of nitrogens with zero attached hydrogens (tertiary/aromatic N) is 1. The van der Waals surface area contributed by atoms with E-state index >= 15 is 0 Å². The molecule has 3 rings (SSSR count). The van der Waals surface area contributed by atoms with Crippen LogP contribution in [0.4, 0.5) is 5.69 Å². The summed E-state index contributed by atoms with van der Waals surface area (Å²) >= 11 is 0. The van der Waals surface area contributed by atoms with Crippen molar-refractivity contribution in [1.29, 1.82) is 0 Å². The van der Waals surface area contributed by atoms with E-state index in [0.717, 1.165) is 11.3 Å².